The Morgan fingerprint density at radius 1 is 0.711 bits per heavy atom. The molecule has 0 aromatic heterocycles. The Kier molecular flexibility index (Phi) is 23.7. The van der Waals surface area contributed by atoms with Crippen molar-refractivity contribution in [2.45, 2.75) is 90.7 Å². The predicted octanol–water partition coefficient (Wildman–Crippen LogP) is 2.11. The van der Waals surface area contributed by atoms with E-state index in [2.05, 4.69) is 17.5 Å². The molecule has 0 rings (SSSR count). The molecule has 38 heavy (non-hydrogen) atoms. The molecular weight excluding hydrogens is 583 g/mol. The SMILES string of the molecule is CCCCC(CC)COC(=O)CC(C(=O)OCC(CC)CCCC)S(=O)(=O)O.O=S(=O)(O)OS(=O)(=O)O.[NaH]. The van der Waals surface area contributed by atoms with E-state index in [1.165, 1.54) is 0 Å². The minimum atomic E-state index is -5.12. The maximum absolute atomic E-state index is 12.2. The van der Waals surface area contributed by atoms with E-state index in [4.69, 9.17) is 18.6 Å². The Morgan fingerprint density at radius 2 is 1.11 bits per heavy atom. The molecule has 0 amide bonds. The van der Waals surface area contributed by atoms with Crippen molar-refractivity contribution >= 4 is 72.4 Å². The van der Waals surface area contributed by atoms with E-state index in [1.54, 1.807) is 0 Å². The quantitative estimate of drug-likeness (QED) is 0.113. The van der Waals surface area contributed by atoms with Gasteiger partial charge in [-0.2, -0.15) is 25.3 Å². The van der Waals surface area contributed by atoms with Crippen molar-refractivity contribution in [1.82, 2.24) is 0 Å². The first-order valence-electron chi connectivity index (χ1n) is 11.8. The zero-order valence-corrected chi connectivity index (χ0v) is 24.0. The number of rotatable bonds is 18. The van der Waals surface area contributed by atoms with Gasteiger partial charge in [-0.25, -0.2) is 0 Å². The summed E-state index contributed by atoms with van der Waals surface area (Å²) in [6, 6.07) is 0. The van der Waals surface area contributed by atoms with Gasteiger partial charge in [-0.15, -0.1) is 3.63 Å². The fourth-order valence-electron chi connectivity index (χ4n) is 2.93. The molecule has 0 heterocycles. The van der Waals surface area contributed by atoms with Gasteiger partial charge in [-0.05, 0) is 24.7 Å². The minimum absolute atomic E-state index is 0. The number of carbonyl (C=O) groups excluding carboxylic acids is 2. The van der Waals surface area contributed by atoms with Gasteiger partial charge in [0.1, 0.15) is 0 Å². The first-order valence-corrected chi connectivity index (χ1v) is 16.1. The molecule has 0 aliphatic rings. The molecule has 14 nitrogen and oxygen atoms in total. The summed E-state index contributed by atoms with van der Waals surface area (Å²) >= 11 is 0. The first-order chi connectivity index (χ1) is 16.9. The van der Waals surface area contributed by atoms with Crippen LogP contribution < -0.4 is 0 Å². The van der Waals surface area contributed by atoms with Gasteiger partial charge in [0.05, 0.1) is 19.6 Å². The van der Waals surface area contributed by atoms with Gasteiger partial charge in [-0.3, -0.25) is 23.2 Å². The van der Waals surface area contributed by atoms with E-state index in [0.29, 0.717) is 0 Å². The van der Waals surface area contributed by atoms with E-state index in [9.17, 15) is 39.4 Å². The topological polar surface area (TPSA) is 225 Å². The molecule has 0 bridgehead atoms. The van der Waals surface area contributed by atoms with Gasteiger partial charge in [-0.1, -0.05) is 66.2 Å². The molecular formula is C20H41NaO14S3. The average Bonchev–Trinajstić information content (AvgIpc) is 2.74. The van der Waals surface area contributed by atoms with Crippen LogP contribution in [0.15, 0.2) is 0 Å². The molecule has 0 fully saturated rings. The summed E-state index contributed by atoms with van der Waals surface area (Å²) in [6.07, 6.45) is 6.74. The van der Waals surface area contributed by atoms with Gasteiger partial charge in [0, 0.05) is 0 Å². The third kappa shape index (κ3) is 24.7. The van der Waals surface area contributed by atoms with Crippen LogP contribution in [0.25, 0.3) is 0 Å². The molecule has 0 saturated heterocycles. The zero-order chi connectivity index (χ0) is 29.3. The summed E-state index contributed by atoms with van der Waals surface area (Å²) in [4.78, 5) is 24.2. The number of hydrogen-bond donors (Lipinski definition) is 3. The summed E-state index contributed by atoms with van der Waals surface area (Å²) < 4.78 is 98.3. The Morgan fingerprint density at radius 3 is 1.39 bits per heavy atom. The molecule has 0 spiro atoms. The van der Waals surface area contributed by atoms with Crippen LogP contribution in [0.2, 0.25) is 0 Å². The first kappa shape index (κ1) is 42.1. The Balaban J connectivity index is -0.00000104. The Labute approximate surface area is 248 Å². The number of carbonyl (C=O) groups is 2. The van der Waals surface area contributed by atoms with Crippen LogP contribution in [0.1, 0.15) is 85.5 Å². The van der Waals surface area contributed by atoms with E-state index < -0.39 is 54.5 Å². The maximum atomic E-state index is 12.2. The molecule has 18 heteroatoms. The van der Waals surface area contributed by atoms with Gasteiger partial charge in [0.25, 0.3) is 10.1 Å². The van der Waals surface area contributed by atoms with Crippen LogP contribution in [0.5, 0.6) is 0 Å². The normalized spacial score (nSPS) is 14.2. The molecule has 3 atom stereocenters. The van der Waals surface area contributed by atoms with Gasteiger partial charge in [0.15, 0.2) is 5.25 Å². The number of esters is 2. The van der Waals surface area contributed by atoms with Crippen LogP contribution in [0.3, 0.4) is 0 Å². The molecule has 0 radical (unpaired) electrons. The van der Waals surface area contributed by atoms with E-state index in [0.717, 1.165) is 51.4 Å². The third-order valence-corrected chi connectivity index (χ3v) is 7.63. The molecule has 224 valence electrons. The third-order valence-electron chi connectivity index (χ3n) is 5.17. The van der Waals surface area contributed by atoms with Crippen LogP contribution in [-0.4, -0.2) is 98.9 Å². The van der Waals surface area contributed by atoms with Crippen LogP contribution in [0, 0.1) is 11.8 Å². The fraction of sp³-hybridized carbons (Fsp3) is 0.900. The van der Waals surface area contributed by atoms with Crippen molar-refractivity contribution in [3.8, 4) is 0 Å². The fourth-order valence-corrected chi connectivity index (χ4v) is 4.46. The molecule has 0 aromatic rings. The van der Waals surface area contributed by atoms with Gasteiger partial charge < -0.3 is 9.47 Å². The standard InChI is InChI=1S/C20H38O7S.Na.H2O7S2.H/c1-5-9-11-16(7-3)14-26-19(21)13-18(28(23,24)25)20(22)27-15-17(8-4)12-10-6-2;;1-8(2,3)7-9(4,5)6;/h16-18H,5-15H2,1-4H3,(H,23,24,25);;(H,1,2,3)(H,4,5,6);. The van der Waals surface area contributed by atoms with E-state index in [-0.39, 0.29) is 54.6 Å². The van der Waals surface area contributed by atoms with Crippen molar-refractivity contribution in [2.24, 2.45) is 11.8 Å². The number of unbranched alkanes of at least 4 members (excludes halogenated alkanes) is 2. The average molecular weight is 625 g/mol. The summed E-state index contributed by atoms with van der Waals surface area (Å²) in [7, 11) is -15.0. The number of ether oxygens (including phenoxy) is 2. The molecule has 3 unspecified atom stereocenters. The van der Waals surface area contributed by atoms with Crippen LogP contribution >= 0.6 is 0 Å². The molecule has 0 aliphatic carbocycles. The second kappa shape index (κ2) is 21.4. The van der Waals surface area contributed by atoms with Crippen molar-refractivity contribution in [3.05, 3.63) is 0 Å². The predicted molar refractivity (Wildman–Crippen MR) is 140 cm³/mol. The Bertz CT molecular complexity index is 950. The zero-order valence-electron chi connectivity index (χ0n) is 21.6. The molecule has 0 aromatic carbocycles. The van der Waals surface area contributed by atoms with Crippen molar-refractivity contribution in [1.29, 1.82) is 0 Å². The van der Waals surface area contributed by atoms with Crippen molar-refractivity contribution in [2.75, 3.05) is 13.2 Å². The molecule has 0 aliphatic heterocycles. The Hall–Kier alpha value is -0.370. The van der Waals surface area contributed by atoms with Gasteiger partial charge >= 0.3 is 62.3 Å². The monoisotopic (exact) mass is 624 g/mol. The van der Waals surface area contributed by atoms with Crippen molar-refractivity contribution < 1.29 is 61.6 Å². The second-order valence-electron chi connectivity index (χ2n) is 8.28. The summed E-state index contributed by atoms with van der Waals surface area (Å²) in [6.45, 7) is 8.35. The summed E-state index contributed by atoms with van der Waals surface area (Å²) in [5.41, 5.74) is 0. The molecule has 0 saturated carbocycles. The summed E-state index contributed by atoms with van der Waals surface area (Å²) in [5, 5.41) is -1.95. The van der Waals surface area contributed by atoms with Crippen LogP contribution in [0.4, 0.5) is 0 Å². The molecule has 3 N–H and O–H groups in total. The van der Waals surface area contributed by atoms with Crippen molar-refractivity contribution in [3.63, 3.8) is 0 Å². The number of hydrogen-bond acceptors (Lipinski definition) is 11. The summed E-state index contributed by atoms with van der Waals surface area (Å²) in [5.74, 6) is -1.61. The van der Waals surface area contributed by atoms with E-state index in [1.807, 2.05) is 13.8 Å². The van der Waals surface area contributed by atoms with Gasteiger partial charge in [0.2, 0.25) is 0 Å². The van der Waals surface area contributed by atoms with Crippen LogP contribution in [-0.2, 0) is 53.6 Å². The second-order valence-corrected chi connectivity index (χ2v) is 12.1. The van der Waals surface area contributed by atoms with E-state index >= 15 is 0 Å².